The maximum atomic E-state index is 11.2. The molecule has 2 aromatic rings. The fraction of sp³-hybridized carbons (Fsp3) is 0.0909. The lowest BCUT2D eigenvalue weighted by Gasteiger charge is -2.02. The standard InChI is InChI=1S/C11H8N2O2/c1-7-9(11(14)13-15)6-8-4-2-3-5-10(8)12-7/h2-6H,1H3. The number of aryl methyl sites for hydroxylation is 1. The summed E-state index contributed by atoms with van der Waals surface area (Å²) in [6.07, 6.45) is 0. The Balaban J connectivity index is 2.72. The molecule has 0 aliphatic heterocycles. The molecule has 2 rings (SSSR count). The van der Waals surface area contributed by atoms with Crippen molar-refractivity contribution in [3.05, 3.63) is 46.5 Å². The van der Waals surface area contributed by atoms with Crippen molar-refractivity contribution in [2.24, 2.45) is 5.18 Å². The number of amides is 1. The van der Waals surface area contributed by atoms with Crippen LogP contribution in [0.2, 0.25) is 0 Å². The van der Waals surface area contributed by atoms with Crippen LogP contribution in [0.1, 0.15) is 16.1 Å². The summed E-state index contributed by atoms with van der Waals surface area (Å²) in [5, 5.41) is 3.23. The summed E-state index contributed by atoms with van der Waals surface area (Å²) in [4.78, 5) is 25.5. The summed E-state index contributed by atoms with van der Waals surface area (Å²) in [5.74, 6) is -0.772. The zero-order valence-corrected chi connectivity index (χ0v) is 8.10. The first-order valence-electron chi connectivity index (χ1n) is 4.46. The smallest absolute Gasteiger partial charge is 0.263 e. The lowest BCUT2D eigenvalue weighted by Crippen LogP contribution is -1.99. The van der Waals surface area contributed by atoms with E-state index in [0.717, 1.165) is 10.9 Å². The Morgan fingerprint density at radius 2 is 2.07 bits per heavy atom. The Morgan fingerprint density at radius 3 is 2.80 bits per heavy atom. The molecule has 4 heteroatoms. The van der Waals surface area contributed by atoms with Crippen molar-refractivity contribution < 1.29 is 4.79 Å². The second-order valence-corrected chi connectivity index (χ2v) is 3.21. The van der Waals surface area contributed by atoms with Crippen LogP contribution in [0.4, 0.5) is 0 Å². The van der Waals surface area contributed by atoms with Gasteiger partial charge in [0.05, 0.1) is 16.8 Å². The number of nitrogens with zero attached hydrogens (tertiary/aromatic N) is 2. The first-order valence-corrected chi connectivity index (χ1v) is 4.46. The molecule has 1 aromatic heterocycles. The van der Waals surface area contributed by atoms with Gasteiger partial charge in [-0.05, 0) is 19.1 Å². The normalized spacial score (nSPS) is 10.2. The van der Waals surface area contributed by atoms with Gasteiger partial charge >= 0.3 is 5.91 Å². The van der Waals surface area contributed by atoms with Gasteiger partial charge in [-0.2, -0.15) is 0 Å². The van der Waals surface area contributed by atoms with Crippen LogP contribution in [-0.2, 0) is 0 Å². The maximum Gasteiger partial charge on any atom is 0.318 e. The van der Waals surface area contributed by atoms with Crippen LogP contribution in [-0.4, -0.2) is 10.9 Å². The number of aromatic nitrogens is 1. The average Bonchev–Trinajstić information content (AvgIpc) is 2.27. The molecule has 1 amide bonds. The number of nitroso groups, excluding NO2 is 1. The van der Waals surface area contributed by atoms with Crippen LogP contribution in [0.15, 0.2) is 35.5 Å². The summed E-state index contributed by atoms with van der Waals surface area (Å²) in [6, 6.07) is 9.05. The van der Waals surface area contributed by atoms with Gasteiger partial charge in [0.15, 0.2) is 0 Å². The Morgan fingerprint density at radius 1 is 1.33 bits per heavy atom. The number of hydrogen-bond acceptors (Lipinski definition) is 3. The van der Waals surface area contributed by atoms with Crippen LogP contribution in [0.3, 0.4) is 0 Å². The van der Waals surface area contributed by atoms with E-state index in [2.05, 4.69) is 10.2 Å². The first-order chi connectivity index (χ1) is 7.22. The zero-order valence-electron chi connectivity index (χ0n) is 8.10. The molecule has 4 nitrogen and oxygen atoms in total. The van der Waals surface area contributed by atoms with Crippen molar-refractivity contribution in [3.63, 3.8) is 0 Å². The monoisotopic (exact) mass is 200 g/mol. The third-order valence-corrected chi connectivity index (χ3v) is 2.23. The van der Waals surface area contributed by atoms with E-state index < -0.39 is 5.91 Å². The Kier molecular flexibility index (Phi) is 2.25. The summed E-state index contributed by atoms with van der Waals surface area (Å²) in [6.45, 7) is 1.69. The molecule has 1 aromatic carbocycles. The minimum absolute atomic E-state index is 0.267. The van der Waals surface area contributed by atoms with Gasteiger partial charge in [0.1, 0.15) is 0 Å². The number of rotatable bonds is 1. The predicted molar refractivity (Wildman–Crippen MR) is 56.6 cm³/mol. The Bertz CT molecular complexity index is 549. The van der Waals surface area contributed by atoms with Gasteiger partial charge in [0.2, 0.25) is 0 Å². The topological polar surface area (TPSA) is 59.4 Å². The van der Waals surface area contributed by atoms with Gasteiger partial charge in [-0.3, -0.25) is 9.78 Å². The predicted octanol–water partition coefficient (Wildman–Crippen LogP) is 2.45. The Labute approximate surface area is 85.9 Å². The highest BCUT2D eigenvalue weighted by molar-refractivity contribution is 5.99. The summed E-state index contributed by atoms with van der Waals surface area (Å²) in [5.41, 5.74) is 1.60. The fourth-order valence-electron chi connectivity index (χ4n) is 1.48. The molecule has 0 bridgehead atoms. The summed E-state index contributed by atoms with van der Waals surface area (Å²) >= 11 is 0. The molecular weight excluding hydrogens is 192 g/mol. The van der Waals surface area contributed by atoms with E-state index in [4.69, 9.17) is 0 Å². The first kappa shape index (κ1) is 9.45. The molecule has 1 heterocycles. The molecule has 0 saturated carbocycles. The van der Waals surface area contributed by atoms with E-state index in [9.17, 15) is 9.70 Å². The van der Waals surface area contributed by atoms with Gasteiger partial charge in [-0.25, -0.2) is 0 Å². The van der Waals surface area contributed by atoms with Gasteiger partial charge in [0.25, 0.3) is 0 Å². The van der Waals surface area contributed by atoms with E-state index in [1.807, 2.05) is 24.3 Å². The number of carbonyl (C=O) groups excluding carboxylic acids is 1. The van der Waals surface area contributed by atoms with Gasteiger partial charge in [-0.15, -0.1) is 4.91 Å². The molecule has 74 valence electrons. The van der Waals surface area contributed by atoms with Crippen molar-refractivity contribution in [3.8, 4) is 0 Å². The third-order valence-electron chi connectivity index (χ3n) is 2.23. The number of benzene rings is 1. The molecule has 0 N–H and O–H groups in total. The van der Waals surface area contributed by atoms with Crippen LogP contribution in [0.25, 0.3) is 10.9 Å². The van der Waals surface area contributed by atoms with E-state index >= 15 is 0 Å². The minimum Gasteiger partial charge on any atom is -0.263 e. The van der Waals surface area contributed by atoms with Crippen molar-refractivity contribution in [2.75, 3.05) is 0 Å². The van der Waals surface area contributed by atoms with Crippen molar-refractivity contribution in [1.82, 2.24) is 4.98 Å². The number of para-hydroxylation sites is 1. The third kappa shape index (κ3) is 1.61. The van der Waals surface area contributed by atoms with Gasteiger partial charge in [0, 0.05) is 10.6 Å². The maximum absolute atomic E-state index is 11.2. The van der Waals surface area contributed by atoms with Crippen molar-refractivity contribution in [2.45, 2.75) is 6.92 Å². The van der Waals surface area contributed by atoms with Crippen LogP contribution in [0, 0.1) is 11.8 Å². The van der Waals surface area contributed by atoms with E-state index in [0.29, 0.717) is 5.69 Å². The molecule has 0 aliphatic rings. The minimum atomic E-state index is -0.772. The number of fused-ring (bicyclic) bond motifs is 1. The Hall–Kier alpha value is -2.10. The highest BCUT2D eigenvalue weighted by Gasteiger charge is 2.11. The van der Waals surface area contributed by atoms with E-state index in [-0.39, 0.29) is 5.56 Å². The highest BCUT2D eigenvalue weighted by Crippen LogP contribution is 2.16. The number of hydrogen-bond donors (Lipinski definition) is 0. The molecular formula is C11H8N2O2. The number of carbonyl (C=O) groups is 1. The zero-order chi connectivity index (χ0) is 10.8. The second-order valence-electron chi connectivity index (χ2n) is 3.21. The lowest BCUT2D eigenvalue weighted by atomic mass is 10.1. The van der Waals surface area contributed by atoms with Crippen molar-refractivity contribution in [1.29, 1.82) is 0 Å². The van der Waals surface area contributed by atoms with E-state index in [1.165, 1.54) is 0 Å². The quantitative estimate of drug-likeness (QED) is 0.664. The van der Waals surface area contributed by atoms with Gasteiger partial charge in [-0.1, -0.05) is 18.2 Å². The van der Waals surface area contributed by atoms with Crippen molar-refractivity contribution >= 4 is 16.8 Å². The van der Waals surface area contributed by atoms with Gasteiger partial charge < -0.3 is 0 Å². The van der Waals surface area contributed by atoms with Crippen LogP contribution >= 0.6 is 0 Å². The largest absolute Gasteiger partial charge is 0.318 e. The lowest BCUT2D eigenvalue weighted by molar-refractivity contribution is 0.1000. The molecule has 0 saturated heterocycles. The summed E-state index contributed by atoms with van der Waals surface area (Å²) < 4.78 is 0. The molecule has 0 unspecified atom stereocenters. The molecule has 0 fully saturated rings. The van der Waals surface area contributed by atoms with E-state index in [1.54, 1.807) is 13.0 Å². The van der Waals surface area contributed by atoms with Crippen LogP contribution in [0.5, 0.6) is 0 Å². The molecule has 15 heavy (non-hydrogen) atoms. The second kappa shape index (κ2) is 3.57. The highest BCUT2D eigenvalue weighted by atomic mass is 16.3. The SMILES string of the molecule is Cc1nc2ccccc2cc1C(=O)N=O. The molecule has 0 radical (unpaired) electrons. The molecule has 0 aliphatic carbocycles. The molecule has 0 atom stereocenters. The number of pyridine rings is 1. The summed E-state index contributed by atoms with van der Waals surface area (Å²) in [7, 11) is 0. The van der Waals surface area contributed by atoms with Crippen LogP contribution < -0.4 is 0 Å². The average molecular weight is 200 g/mol. The molecule has 0 spiro atoms. The fourth-order valence-corrected chi connectivity index (χ4v) is 1.48.